The zero-order chi connectivity index (χ0) is 12.5. The summed E-state index contributed by atoms with van der Waals surface area (Å²) in [5, 5.41) is 0.724. The molecule has 0 atom stereocenters. The number of benzene rings is 1. The highest BCUT2D eigenvalue weighted by Crippen LogP contribution is 2.35. The summed E-state index contributed by atoms with van der Waals surface area (Å²) in [4.78, 5) is 12.2. The lowest BCUT2D eigenvalue weighted by molar-refractivity contribution is -0.124. The van der Waals surface area contributed by atoms with Crippen molar-refractivity contribution in [2.45, 2.75) is 33.1 Å². The van der Waals surface area contributed by atoms with Crippen LogP contribution < -0.4 is 0 Å². The van der Waals surface area contributed by atoms with Crippen LogP contribution in [0.3, 0.4) is 0 Å². The minimum absolute atomic E-state index is 0.198. The standard InChI is InChI=1S/C15H17ClO/c1-15(2)9-3-4-12(14(15)17)10-11-5-7-13(16)8-6-11/h5-8,10H,3-4,9H2,1-2H3/b12-10-. The van der Waals surface area contributed by atoms with E-state index in [0.717, 1.165) is 35.4 Å². The summed E-state index contributed by atoms with van der Waals surface area (Å²) in [5.41, 5.74) is 1.80. The Kier molecular flexibility index (Phi) is 3.39. The zero-order valence-corrected chi connectivity index (χ0v) is 11.1. The molecule has 1 aromatic carbocycles. The summed E-state index contributed by atoms with van der Waals surface area (Å²) in [7, 11) is 0. The van der Waals surface area contributed by atoms with E-state index in [1.807, 2.05) is 44.2 Å². The van der Waals surface area contributed by atoms with Gasteiger partial charge in [-0.05, 0) is 48.6 Å². The Hall–Kier alpha value is -1.08. The number of Topliss-reactive ketones (excluding diaryl/α,β-unsaturated/α-hetero) is 1. The first-order chi connectivity index (χ1) is 7.99. The fourth-order valence-corrected chi connectivity index (χ4v) is 2.41. The molecule has 0 aromatic heterocycles. The third-order valence-electron chi connectivity index (χ3n) is 3.37. The van der Waals surface area contributed by atoms with Gasteiger partial charge in [0, 0.05) is 10.4 Å². The van der Waals surface area contributed by atoms with Crippen LogP contribution in [0.4, 0.5) is 0 Å². The molecule has 1 saturated carbocycles. The lowest BCUT2D eigenvalue weighted by atomic mass is 9.73. The molecular formula is C15H17ClO. The van der Waals surface area contributed by atoms with Crippen molar-refractivity contribution < 1.29 is 4.79 Å². The van der Waals surface area contributed by atoms with E-state index in [0.29, 0.717) is 5.78 Å². The highest BCUT2D eigenvalue weighted by molar-refractivity contribution is 6.30. The molecule has 2 rings (SSSR count). The maximum atomic E-state index is 12.2. The van der Waals surface area contributed by atoms with Crippen LogP contribution in [0.2, 0.25) is 5.02 Å². The minimum atomic E-state index is -0.198. The second-order valence-electron chi connectivity index (χ2n) is 5.29. The van der Waals surface area contributed by atoms with Crippen LogP contribution in [0, 0.1) is 5.41 Å². The Balaban J connectivity index is 2.27. The molecule has 1 aliphatic rings. The van der Waals surface area contributed by atoms with E-state index in [1.165, 1.54) is 0 Å². The second kappa shape index (κ2) is 4.66. The number of carbonyl (C=O) groups excluding carboxylic acids is 1. The first-order valence-electron chi connectivity index (χ1n) is 6.00. The van der Waals surface area contributed by atoms with Crippen LogP contribution in [0.1, 0.15) is 38.7 Å². The van der Waals surface area contributed by atoms with E-state index in [-0.39, 0.29) is 5.41 Å². The van der Waals surface area contributed by atoms with Crippen molar-refractivity contribution in [2.75, 3.05) is 0 Å². The van der Waals surface area contributed by atoms with Gasteiger partial charge in [0.15, 0.2) is 5.78 Å². The van der Waals surface area contributed by atoms with Crippen molar-refractivity contribution >= 4 is 23.5 Å². The zero-order valence-electron chi connectivity index (χ0n) is 10.3. The van der Waals surface area contributed by atoms with Gasteiger partial charge in [0.05, 0.1) is 0 Å². The molecule has 2 heteroatoms. The minimum Gasteiger partial charge on any atom is -0.294 e. The summed E-state index contributed by atoms with van der Waals surface area (Å²) in [5.74, 6) is 0.290. The third-order valence-corrected chi connectivity index (χ3v) is 3.62. The van der Waals surface area contributed by atoms with Crippen molar-refractivity contribution in [1.29, 1.82) is 0 Å². The molecule has 0 bridgehead atoms. The van der Waals surface area contributed by atoms with Crippen molar-refractivity contribution in [3.8, 4) is 0 Å². The van der Waals surface area contributed by atoms with Crippen LogP contribution in [-0.4, -0.2) is 5.78 Å². The van der Waals surface area contributed by atoms with E-state index in [9.17, 15) is 4.79 Å². The van der Waals surface area contributed by atoms with Crippen molar-refractivity contribution in [2.24, 2.45) is 5.41 Å². The summed E-state index contributed by atoms with van der Waals surface area (Å²) < 4.78 is 0. The molecule has 1 nitrogen and oxygen atoms in total. The van der Waals surface area contributed by atoms with Crippen LogP contribution in [0.15, 0.2) is 29.8 Å². The van der Waals surface area contributed by atoms with Crippen LogP contribution in [-0.2, 0) is 4.79 Å². The lowest BCUT2D eigenvalue weighted by Crippen LogP contribution is -2.29. The topological polar surface area (TPSA) is 17.1 Å². The highest BCUT2D eigenvalue weighted by Gasteiger charge is 2.33. The molecule has 0 amide bonds. The smallest absolute Gasteiger partial charge is 0.164 e. The largest absolute Gasteiger partial charge is 0.294 e. The van der Waals surface area contributed by atoms with Gasteiger partial charge < -0.3 is 0 Å². The van der Waals surface area contributed by atoms with Gasteiger partial charge in [-0.1, -0.05) is 37.6 Å². The molecule has 1 fully saturated rings. The average Bonchev–Trinajstić information content (AvgIpc) is 2.28. The van der Waals surface area contributed by atoms with Gasteiger partial charge in [0.2, 0.25) is 0 Å². The molecule has 0 N–H and O–H groups in total. The Labute approximate surface area is 107 Å². The van der Waals surface area contributed by atoms with Gasteiger partial charge in [0.1, 0.15) is 0 Å². The molecular weight excluding hydrogens is 232 g/mol. The number of allylic oxidation sites excluding steroid dienone is 1. The Morgan fingerprint density at radius 3 is 2.53 bits per heavy atom. The molecule has 0 aliphatic heterocycles. The Bertz CT molecular complexity index is 454. The highest BCUT2D eigenvalue weighted by atomic mass is 35.5. The molecule has 0 heterocycles. The molecule has 17 heavy (non-hydrogen) atoms. The van der Waals surface area contributed by atoms with Crippen molar-refractivity contribution in [3.05, 3.63) is 40.4 Å². The molecule has 90 valence electrons. The summed E-state index contributed by atoms with van der Waals surface area (Å²) in [6.07, 6.45) is 4.98. The lowest BCUT2D eigenvalue weighted by Gasteiger charge is -2.29. The van der Waals surface area contributed by atoms with Crippen LogP contribution in [0.5, 0.6) is 0 Å². The van der Waals surface area contributed by atoms with Crippen molar-refractivity contribution in [1.82, 2.24) is 0 Å². The molecule has 0 spiro atoms. The van der Waals surface area contributed by atoms with E-state index in [2.05, 4.69) is 0 Å². The first kappa shape index (κ1) is 12.4. The number of hydrogen-bond acceptors (Lipinski definition) is 1. The molecule has 1 aromatic rings. The molecule has 0 saturated heterocycles. The number of rotatable bonds is 1. The first-order valence-corrected chi connectivity index (χ1v) is 6.38. The predicted octanol–water partition coefficient (Wildman–Crippen LogP) is 4.50. The Morgan fingerprint density at radius 2 is 1.88 bits per heavy atom. The average molecular weight is 249 g/mol. The quantitative estimate of drug-likeness (QED) is 0.669. The third kappa shape index (κ3) is 2.78. The van der Waals surface area contributed by atoms with E-state index in [4.69, 9.17) is 11.6 Å². The number of carbonyl (C=O) groups is 1. The van der Waals surface area contributed by atoms with Gasteiger partial charge in [-0.25, -0.2) is 0 Å². The monoisotopic (exact) mass is 248 g/mol. The number of hydrogen-bond donors (Lipinski definition) is 0. The van der Waals surface area contributed by atoms with Gasteiger partial charge >= 0.3 is 0 Å². The fourth-order valence-electron chi connectivity index (χ4n) is 2.28. The number of halogens is 1. The summed E-state index contributed by atoms with van der Waals surface area (Å²) in [6.45, 7) is 4.06. The summed E-state index contributed by atoms with van der Waals surface area (Å²) in [6, 6.07) is 7.60. The maximum absolute atomic E-state index is 12.2. The van der Waals surface area contributed by atoms with Gasteiger partial charge in [-0.2, -0.15) is 0 Å². The number of ketones is 1. The van der Waals surface area contributed by atoms with Crippen LogP contribution in [0.25, 0.3) is 6.08 Å². The maximum Gasteiger partial charge on any atom is 0.164 e. The van der Waals surface area contributed by atoms with Gasteiger partial charge in [-0.15, -0.1) is 0 Å². The van der Waals surface area contributed by atoms with E-state index >= 15 is 0 Å². The second-order valence-corrected chi connectivity index (χ2v) is 5.72. The van der Waals surface area contributed by atoms with E-state index < -0.39 is 0 Å². The van der Waals surface area contributed by atoms with Gasteiger partial charge in [-0.3, -0.25) is 4.79 Å². The fraction of sp³-hybridized carbons (Fsp3) is 0.400. The van der Waals surface area contributed by atoms with Gasteiger partial charge in [0.25, 0.3) is 0 Å². The SMILES string of the molecule is CC1(C)CCC/C(=C/c2ccc(Cl)cc2)C1=O. The molecule has 1 aliphatic carbocycles. The Morgan fingerprint density at radius 1 is 1.24 bits per heavy atom. The van der Waals surface area contributed by atoms with E-state index in [1.54, 1.807) is 0 Å². The van der Waals surface area contributed by atoms with Crippen molar-refractivity contribution in [3.63, 3.8) is 0 Å². The molecule has 0 unspecified atom stereocenters. The van der Waals surface area contributed by atoms with Crippen LogP contribution >= 0.6 is 11.6 Å². The summed E-state index contributed by atoms with van der Waals surface area (Å²) >= 11 is 5.84. The molecule has 0 radical (unpaired) electrons. The normalized spacial score (nSPS) is 21.8. The predicted molar refractivity (Wildman–Crippen MR) is 72.1 cm³/mol.